The molecule has 8 heteroatoms. The van der Waals surface area contributed by atoms with Gasteiger partial charge in [0.05, 0.1) is 19.8 Å². The molecule has 1 aliphatic heterocycles. The number of ether oxygens (including phenoxy) is 2. The van der Waals surface area contributed by atoms with Crippen LogP contribution in [-0.2, 0) is 0 Å². The molecule has 1 N–H and O–H groups in total. The van der Waals surface area contributed by atoms with Gasteiger partial charge in [-0.25, -0.2) is 9.78 Å². The molecule has 0 spiro atoms. The van der Waals surface area contributed by atoms with E-state index in [4.69, 9.17) is 14.6 Å². The number of carboxylic acid groups (broad SMARTS) is 1. The van der Waals surface area contributed by atoms with Crippen LogP contribution in [0.25, 0.3) is 0 Å². The summed E-state index contributed by atoms with van der Waals surface area (Å²) < 4.78 is 10.5. The van der Waals surface area contributed by atoms with E-state index >= 15 is 0 Å². The van der Waals surface area contributed by atoms with Crippen molar-refractivity contribution in [3.8, 4) is 11.5 Å². The van der Waals surface area contributed by atoms with E-state index < -0.39 is 5.97 Å². The lowest BCUT2D eigenvalue weighted by Crippen LogP contribution is -2.49. The molecule has 2 aromatic rings. The molecule has 0 aliphatic carbocycles. The lowest BCUT2D eigenvalue weighted by atomic mass is 10.1. The van der Waals surface area contributed by atoms with Gasteiger partial charge in [0.25, 0.3) is 5.91 Å². The molecule has 2 heterocycles. The number of hydrogen-bond donors (Lipinski definition) is 1. The van der Waals surface area contributed by atoms with Crippen molar-refractivity contribution in [1.82, 2.24) is 9.88 Å². The van der Waals surface area contributed by atoms with Gasteiger partial charge in [-0.2, -0.15) is 0 Å². The normalized spacial score (nSPS) is 14.0. The predicted molar refractivity (Wildman–Crippen MR) is 98.9 cm³/mol. The minimum atomic E-state index is -1.00. The average molecular weight is 371 g/mol. The summed E-state index contributed by atoms with van der Waals surface area (Å²) in [5.41, 5.74) is 0.700. The number of carbonyl (C=O) groups is 2. The summed E-state index contributed by atoms with van der Waals surface area (Å²) in [5, 5.41) is 8.95. The third kappa shape index (κ3) is 3.94. The highest BCUT2D eigenvalue weighted by atomic mass is 16.5. The number of pyridine rings is 1. The predicted octanol–water partition coefficient (Wildman–Crippen LogP) is 1.76. The van der Waals surface area contributed by atoms with Gasteiger partial charge in [-0.15, -0.1) is 0 Å². The number of amides is 1. The van der Waals surface area contributed by atoms with E-state index in [9.17, 15) is 9.59 Å². The minimum absolute atomic E-state index is 0.0650. The monoisotopic (exact) mass is 371 g/mol. The number of benzene rings is 1. The fraction of sp³-hybridized carbons (Fsp3) is 0.316. The minimum Gasteiger partial charge on any atom is -0.493 e. The number of hydrogen-bond acceptors (Lipinski definition) is 6. The Morgan fingerprint density at radius 1 is 0.963 bits per heavy atom. The van der Waals surface area contributed by atoms with E-state index in [1.54, 1.807) is 36.3 Å². The molecule has 1 saturated heterocycles. The fourth-order valence-electron chi connectivity index (χ4n) is 2.99. The number of anilines is 1. The van der Waals surface area contributed by atoms with Crippen LogP contribution in [0.2, 0.25) is 0 Å². The summed E-state index contributed by atoms with van der Waals surface area (Å²) in [4.78, 5) is 31.7. The molecule has 3 rings (SSSR count). The second-order valence-corrected chi connectivity index (χ2v) is 6.06. The first-order valence-corrected chi connectivity index (χ1v) is 8.49. The highest BCUT2D eigenvalue weighted by Crippen LogP contribution is 2.28. The van der Waals surface area contributed by atoms with Crippen molar-refractivity contribution in [2.24, 2.45) is 0 Å². The second-order valence-electron chi connectivity index (χ2n) is 6.06. The molecule has 1 fully saturated rings. The Morgan fingerprint density at radius 2 is 1.63 bits per heavy atom. The van der Waals surface area contributed by atoms with Gasteiger partial charge in [0.1, 0.15) is 5.82 Å². The number of carboxylic acids is 1. The molecule has 0 unspecified atom stereocenters. The van der Waals surface area contributed by atoms with Crippen LogP contribution in [0.5, 0.6) is 11.5 Å². The van der Waals surface area contributed by atoms with Crippen molar-refractivity contribution >= 4 is 17.7 Å². The van der Waals surface area contributed by atoms with E-state index in [0.717, 1.165) is 0 Å². The van der Waals surface area contributed by atoms with Crippen LogP contribution in [-0.4, -0.2) is 67.3 Å². The zero-order chi connectivity index (χ0) is 19.4. The summed E-state index contributed by atoms with van der Waals surface area (Å²) in [6.45, 7) is 2.35. The van der Waals surface area contributed by atoms with Gasteiger partial charge in [-0.3, -0.25) is 4.79 Å². The largest absolute Gasteiger partial charge is 0.493 e. The first-order valence-electron chi connectivity index (χ1n) is 8.49. The Kier molecular flexibility index (Phi) is 5.44. The van der Waals surface area contributed by atoms with Gasteiger partial charge in [0, 0.05) is 37.9 Å². The Morgan fingerprint density at radius 3 is 2.19 bits per heavy atom. The van der Waals surface area contributed by atoms with Crippen LogP contribution in [0.3, 0.4) is 0 Å². The summed E-state index contributed by atoms with van der Waals surface area (Å²) in [6.07, 6.45) is 1.35. The summed E-state index contributed by atoms with van der Waals surface area (Å²) in [6, 6.07) is 8.35. The fourth-order valence-corrected chi connectivity index (χ4v) is 2.99. The van der Waals surface area contributed by atoms with E-state index in [0.29, 0.717) is 49.1 Å². The quantitative estimate of drug-likeness (QED) is 0.856. The van der Waals surface area contributed by atoms with Gasteiger partial charge < -0.3 is 24.4 Å². The maximum Gasteiger partial charge on any atom is 0.337 e. The molecule has 0 bridgehead atoms. The zero-order valence-corrected chi connectivity index (χ0v) is 15.2. The number of methoxy groups -OCH3 is 2. The molecule has 0 radical (unpaired) electrons. The van der Waals surface area contributed by atoms with Crippen LogP contribution < -0.4 is 14.4 Å². The first-order chi connectivity index (χ1) is 13.0. The molecule has 1 aromatic carbocycles. The molecule has 1 aromatic heterocycles. The Bertz CT molecular complexity index is 830. The van der Waals surface area contributed by atoms with Gasteiger partial charge in [-0.05, 0) is 30.3 Å². The molecular formula is C19H21N3O5. The zero-order valence-electron chi connectivity index (χ0n) is 15.2. The third-order valence-electron chi connectivity index (χ3n) is 4.52. The van der Waals surface area contributed by atoms with Crippen molar-refractivity contribution in [3.63, 3.8) is 0 Å². The van der Waals surface area contributed by atoms with Crippen LogP contribution in [0.4, 0.5) is 5.82 Å². The summed E-state index contributed by atoms with van der Waals surface area (Å²) in [7, 11) is 3.09. The topological polar surface area (TPSA) is 92.2 Å². The average Bonchev–Trinajstić information content (AvgIpc) is 2.72. The first kappa shape index (κ1) is 18.5. The molecule has 0 atom stereocenters. The SMILES string of the molecule is COc1ccc(C(=O)N2CCN(c3ccc(C(=O)O)cn3)CC2)cc1OC. The number of aromatic carboxylic acids is 1. The standard InChI is InChI=1S/C19H21N3O5/c1-26-15-5-3-13(11-16(15)27-2)18(23)22-9-7-21(8-10-22)17-6-4-14(12-20-17)19(24)25/h3-6,11-12H,7-10H2,1-2H3,(H,24,25). The van der Waals surface area contributed by atoms with E-state index in [2.05, 4.69) is 4.98 Å². The van der Waals surface area contributed by atoms with Crippen molar-refractivity contribution in [2.45, 2.75) is 0 Å². The smallest absolute Gasteiger partial charge is 0.337 e. The maximum atomic E-state index is 12.8. The molecule has 1 aliphatic rings. The number of aromatic nitrogens is 1. The Hall–Kier alpha value is -3.29. The van der Waals surface area contributed by atoms with Gasteiger partial charge in [0.15, 0.2) is 11.5 Å². The number of nitrogens with zero attached hydrogens (tertiary/aromatic N) is 3. The van der Waals surface area contributed by atoms with Crippen LogP contribution >= 0.6 is 0 Å². The van der Waals surface area contributed by atoms with Crippen molar-refractivity contribution in [2.75, 3.05) is 45.3 Å². The molecular weight excluding hydrogens is 350 g/mol. The van der Waals surface area contributed by atoms with E-state index in [1.807, 2.05) is 4.90 Å². The third-order valence-corrected chi connectivity index (χ3v) is 4.52. The maximum absolute atomic E-state index is 12.8. The van der Waals surface area contributed by atoms with Crippen molar-refractivity contribution in [3.05, 3.63) is 47.7 Å². The molecule has 27 heavy (non-hydrogen) atoms. The summed E-state index contributed by atoms with van der Waals surface area (Å²) in [5.74, 6) is 0.738. The van der Waals surface area contributed by atoms with Crippen molar-refractivity contribution < 1.29 is 24.2 Å². The van der Waals surface area contributed by atoms with Crippen LogP contribution in [0, 0.1) is 0 Å². The number of carbonyl (C=O) groups excluding carboxylic acids is 1. The van der Waals surface area contributed by atoms with Crippen molar-refractivity contribution in [1.29, 1.82) is 0 Å². The Labute approximate surface area is 156 Å². The van der Waals surface area contributed by atoms with Gasteiger partial charge in [-0.1, -0.05) is 0 Å². The van der Waals surface area contributed by atoms with Crippen LogP contribution in [0.15, 0.2) is 36.5 Å². The second kappa shape index (κ2) is 7.94. The molecule has 0 saturated carbocycles. The lowest BCUT2D eigenvalue weighted by Gasteiger charge is -2.35. The van der Waals surface area contributed by atoms with Gasteiger partial charge >= 0.3 is 5.97 Å². The molecule has 8 nitrogen and oxygen atoms in total. The Balaban J connectivity index is 1.64. The molecule has 142 valence electrons. The van der Waals surface area contributed by atoms with E-state index in [-0.39, 0.29) is 11.5 Å². The molecule has 1 amide bonds. The summed E-state index contributed by atoms with van der Waals surface area (Å²) >= 11 is 0. The van der Waals surface area contributed by atoms with Gasteiger partial charge in [0.2, 0.25) is 0 Å². The number of rotatable bonds is 5. The van der Waals surface area contributed by atoms with E-state index in [1.165, 1.54) is 19.4 Å². The lowest BCUT2D eigenvalue weighted by molar-refractivity contribution is 0.0694. The highest BCUT2D eigenvalue weighted by Gasteiger charge is 2.23. The number of piperazine rings is 1. The highest BCUT2D eigenvalue weighted by molar-refractivity contribution is 5.95. The van der Waals surface area contributed by atoms with Crippen LogP contribution in [0.1, 0.15) is 20.7 Å².